The predicted octanol–water partition coefficient (Wildman–Crippen LogP) is 3.76. The second kappa shape index (κ2) is 9.63. The Balaban J connectivity index is 1.70. The summed E-state index contributed by atoms with van der Waals surface area (Å²) < 4.78 is 2.00. The molecule has 166 valence electrons. The van der Waals surface area contributed by atoms with Crippen molar-refractivity contribution in [2.24, 2.45) is 7.05 Å². The summed E-state index contributed by atoms with van der Waals surface area (Å²) in [6.07, 6.45) is 4.61. The number of carbonyl (C=O) groups excluding carboxylic acids is 2. The van der Waals surface area contributed by atoms with Crippen molar-refractivity contribution in [3.63, 3.8) is 0 Å². The first-order valence-electron chi connectivity index (χ1n) is 10.5. The number of anilines is 1. The van der Waals surface area contributed by atoms with Crippen LogP contribution in [0.2, 0.25) is 0 Å². The van der Waals surface area contributed by atoms with Crippen molar-refractivity contribution in [1.82, 2.24) is 14.4 Å². The van der Waals surface area contributed by atoms with Gasteiger partial charge < -0.3 is 19.7 Å². The van der Waals surface area contributed by atoms with Crippen molar-refractivity contribution in [3.05, 3.63) is 58.4 Å². The van der Waals surface area contributed by atoms with Gasteiger partial charge in [0, 0.05) is 48.8 Å². The third-order valence-electron chi connectivity index (χ3n) is 5.71. The van der Waals surface area contributed by atoms with Crippen LogP contribution in [0.25, 0.3) is 0 Å². The molecule has 0 aliphatic heterocycles. The van der Waals surface area contributed by atoms with E-state index in [4.69, 9.17) is 0 Å². The van der Waals surface area contributed by atoms with E-state index in [1.807, 2.05) is 48.7 Å². The number of nitrogens with zero attached hydrogens (tertiary/aromatic N) is 4. The molecule has 3 rings (SSSR count). The monoisotopic (exact) mass is 427 g/mol. The van der Waals surface area contributed by atoms with E-state index in [1.54, 1.807) is 0 Å². The van der Waals surface area contributed by atoms with Gasteiger partial charge in [0.25, 0.3) is 5.69 Å². The number of amides is 3. The van der Waals surface area contributed by atoms with E-state index in [-0.39, 0.29) is 30.2 Å². The number of carbonyl (C=O) groups is 2. The largest absolute Gasteiger partial charge is 0.353 e. The molecule has 0 saturated heterocycles. The molecule has 1 N–H and O–H groups in total. The smallest absolute Gasteiger partial charge is 0.322 e. The highest BCUT2D eigenvalue weighted by molar-refractivity contribution is 5.92. The summed E-state index contributed by atoms with van der Waals surface area (Å²) in [5.41, 5.74) is 1.44. The first kappa shape index (κ1) is 22.3. The molecule has 1 aliphatic rings. The summed E-state index contributed by atoms with van der Waals surface area (Å²) in [5, 5.41) is 13.6. The molecule has 1 heterocycles. The highest BCUT2D eigenvalue weighted by atomic mass is 16.6. The molecule has 9 heteroatoms. The van der Waals surface area contributed by atoms with Crippen LogP contribution in [0.4, 0.5) is 16.2 Å². The van der Waals surface area contributed by atoms with Crippen molar-refractivity contribution >= 4 is 23.3 Å². The molecule has 9 nitrogen and oxygen atoms in total. The van der Waals surface area contributed by atoms with E-state index in [1.165, 1.54) is 29.2 Å². The molecule has 1 aliphatic carbocycles. The van der Waals surface area contributed by atoms with Gasteiger partial charge in [0.05, 0.1) is 11.5 Å². The van der Waals surface area contributed by atoms with Crippen molar-refractivity contribution in [1.29, 1.82) is 0 Å². The quantitative estimate of drug-likeness (QED) is 0.486. The van der Waals surface area contributed by atoms with Gasteiger partial charge in [-0.15, -0.1) is 0 Å². The van der Waals surface area contributed by atoms with Crippen LogP contribution in [0.1, 0.15) is 38.8 Å². The minimum absolute atomic E-state index is 0.0191. The second-order valence-corrected chi connectivity index (χ2v) is 7.98. The number of hydrogen-bond acceptors (Lipinski definition) is 4. The van der Waals surface area contributed by atoms with Crippen LogP contribution < -0.4 is 5.32 Å². The lowest BCUT2D eigenvalue weighted by molar-refractivity contribution is -0.384. The minimum atomic E-state index is -0.491. The molecule has 0 spiro atoms. The fraction of sp³-hybridized carbons (Fsp3) is 0.455. The summed E-state index contributed by atoms with van der Waals surface area (Å²) >= 11 is 0. The molecule has 2 aromatic rings. The Morgan fingerprint density at radius 1 is 1.26 bits per heavy atom. The van der Waals surface area contributed by atoms with Gasteiger partial charge in [0.1, 0.15) is 6.54 Å². The van der Waals surface area contributed by atoms with E-state index in [0.717, 1.165) is 18.5 Å². The van der Waals surface area contributed by atoms with Crippen LogP contribution >= 0.6 is 0 Å². The normalized spacial score (nSPS) is 14.0. The Labute approximate surface area is 181 Å². The van der Waals surface area contributed by atoms with E-state index in [0.29, 0.717) is 18.7 Å². The van der Waals surface area contributed by atoms with Crippen molar-refractivity contribution in [3.8, 4) is 0 Å². The first-order valence-corrected chi connectivity index (χ1v) is 10.5. The molecular formula is C22H29N5O4. The molecule has 1 fully saturated rings. The Hall–Kier alpha value is -3.36. The summed E-state index contributed by atoms with van der Waals surface area (Å²) in [6.45, 7) is 4.37. The van der Waals surface area contributed by atoms with E-state index in [2.05, 4.69) is 5.32 Å². The van der Waals surface area contributed by atoms with Gasteiger partial charge in [0.2, 0.25) is 5.91 Å². The first-order chi connectivity index (χ1) is 14.8. The summed E-state index contributed by atoms with van der Waals surface area (Å²) in [5.74, 6) is -0.0807. The number of aryl methyl sites for hydroxylation is 1. The summed E-state index contributed by atoms with van der Waals surface area (Å²) in [7, 11) is 1.95. The average molecular weight is 428 g/mol. The van der Waals surface area contributed by atoms with Crippen molar-refractivity contribution in [2.75, 3.05) is 11.9 Å². The molecule has 0 radical (unpaired) electrons. The van der Waals surface area contributed by atoms with Crippen molar-refractivity contribution in [2.45, 2.75) is 51.7 Å². The number of urea groups is 1. The SMILES string of the molecule is CCC(C)N(CC(=O)N(Cc1cccn1C)C1CC1)C(=O)Nc1ccc([N+](=O)[O-])cc1. The second-order valence-electron chi connectivity index (χ2n) is 7.98. The Morgan fingerprint density at radius 2 is 1.94 bits per heavy atom. The standard InChI is InChI=1S/C22H29N5O4/c1-4-16(2)25(22(29)23-17-7-9-19(10-8-17)27(30)31)15-21(28)26(18-11-12-18)14-20-6-5-13-24(20)3/h5-10,13,16,18H,4,11-12,14-15H2,1-3H3,(H,23,29). The van der Waals surface area contributed by atoms with Gasteiger partial charge in [-0.3, -0.25) is 14.9 Å². The topological polar surface area (TPSA) is 101 Å². The van der Waals surface area contributed by atoms with Gasteiger partial charge in [-0.2, -0.15) is 0 Å². The number of benzene rings is 1. The van der Waals surface area contributed by atoms with Crippen LogP contribution in [0.3, 0.4) is 0 Å². The van der Waals surface area contributed by atoms with Gasteiger partial charge >= 0.3 is 6.03 Å². The number of nitro benzene ring substituents is 1. The maximum Gasteiger partial charge on any atom is 0.322 e. The maximum absolute atomic E-state index is 13.2. The van der Waals surface area contributed by atoms with Gasteiger partial charge in [0.15, 0.2) is 0 Å². The van der Waals surface area contributed by atoms with E-state index < -0.39 is 11.0 Å². The van der Waals surface area contributed by atoms with Crippen LogP contribution in [0, 0.1) is 10.1 Å². The zero-order valence-electron chi connectivity index (χ0n) is 18.2. The Morgan fingerprint density at radius 3 is 2.45 bits per heavy atom. The van der Waals surface area contributed by atoms with Crippen LogP contribution in [-0.4, -0.2) is 49.9 Å². The van der Waals surface area contributed by atoms with Gasteiger partial charge in [-0.25, -0.2) is 4.79 Å². The fourth-order valence-electron chi connectivity index (χ4n) is 3.39. The average Bonchev–Trinajstić information content (AvgIpc) is 3.51. The number of hydrogen-bond donors (Lipinski definition) is 1. The molecule has 31 heavy (non-hydrogen) atoms. The lowest BCUT2D eigenvalue weighted by Gasteiger charge is -2.31. The summed E-state index contributed by atoms with van der Waals surface area (Å²) in [4.78, 5) is 39.9. The molecule has 3 amide bonds. The lowest BCUT2D eigenvalue weighted by atomic mass is 10.2. The number of non-ortho nitro benzene ring substituents is 1. The van der Waals surface area contributed by atoms with Crippen LogP contribution in [0.5, 0.6) is 0 Å². The number of nitrogens with one attached hydrogen (secondary N) is 1. The molecule has 1 atom stereocenters. The molecule has 0 bridgehead atoms. The zero-order valence-corrected chi connectivity index (χ0v) is 18.2. The van der Waals surface area contributed by atoms with Gasteiger partial charge in [-0.1, -0.05) is 6.92 Å². The minimum Gasteiger partial charge on any atom is -0.353 e. The zero-order chi connectivity index (χ0) is 22.5. The van der Waals surface area contributed by atoms with E-state index >= 15 is 0 Å². The number of aromatic nitrogens is 1. The molecular weight excluding hydrogens is 398 g/mol. The molecule has 1 saturated carbocycles. The van der Waals surface area contributed by atoms with Gasteiger partial charge in [-0.05, 0) is 50.5 Å². The number of rotatable bonds is 9. The summed E-state index contributed by atoms with van der Waals surface area (Å²) in [6, 6.07) is 9.27. The lowest BCUT2D eigenvalue weighted by Crippen LogP contribution is -2.48. The predicted molar refractivity (Wildman–Crippen MR) is 118 cm³/mol. The maximum atomic E-state index is 13.2. The van der Waals surface area contributed by atoms with Crippen LogP contribution in [0.15, 0.2) is 42.6 Å². The third kappa shape index (κ3) is 5.62. The Kier molecular flexibility index (Phi) is 6.94. The molecule has 1 aromatic heterocycles. The molecule has 1 aromatic carbocycles. The number of nitro groups is 1. The van der Waals surface area contributed by atoms with Crippen molar-refractivity contribution < 1.29 is 14.5 Å². The fourth-order valence-corrected chi connectivity index (χ4v) is 3.39. The van der Waals surface area contributed by atoms with Crippen LogP contribution in [-0.2, 0) is 18.4 Å². The Bertz CT molecular complexity index is 936. The highest BCUT2D eigenvalue weighted by Crippen LogP contribution is 2.29. The van der Waals surface area contributed by atoms with E-state index in [9.17, 15) is 19.7 Å². The highest BCUT2D eigenvalue weighted by Gasteiger charge is 2.34. The third-order valence-corrected chi connectivity index (χ3v) is 5.71. The molecule has 1 unspecified atom stereocenters.